The molecule has 7 heteroatoms. The second-order valence-corrected chi connectivity index (χ2v) is 7.64. The van der Waals surface area contributed by atoms with Gasteiger partial charge in [0.2, 0.25) is 0 Å². The molecule has 0 atom stereocenters. The molecule has 0 radical (unpaired) electrons. The molecule has 0 unspecified atom stereocenters. The molecule has 0 saturated carbocycles. The Hall–Kier alpha value is -4.10. The first-order chi connectivity index (χ1) is 15.2. The lowest BCUT2D eigenvalue weighted by atomic mass is 10.1. The van der Waals surface area contributed by atoms with E-state index in [0.717, 1.165) is 21.8 Å². The van der Waals surface area contributed by atoms with Crippen LogP contribution in [0.2, 0.25) is 0 Å². The number of nitrogens with zero attached hydrogens (tertiary/aromatic N) is 2. The van der Waals surface area contributed by atoms with Gasteiger partial charge in [-0.25, -0.2) is 4.98 Å². The number of carbonyl (C=O) groups is 1. The number of carbonyl (C=O) groups excluding carboxylic acids is 1. The number of pyridine rings is 1. The lowest BCUT2D eigenvalue weighted by molar-refractivity contribution is 0.0997. The van der Waals surface area contributed by atoms with E-state index in [1.807, 2.05) is 35.7 Å². The van der Waals surface area contributed by atoms with Gasteiger partial charge in [0.25, 0.3) is 5.91 Å². The van der Waals surface area contributed by atoms with Crippen molar-refractivity contribution in [3.05, 3.63) is 100 Å². The average molecular weight is 425 g/mol. The smallest absolute Gasteiger partial charge is 0.291 e. The Bertz CT molecular complexity index is 1460. The highest BCUT2D eigenvalue weighted by molar-refractivity contribution is 7.13. The molecule has 3 heterocycles. The van der Waals surface area contributed by atoms with Gasteiger partial charge in [-0.05, 0) is 36.4 Å². The minimum absolute atomic E-state index is 0.0402. The number of thiazole rings is 1. The predicted octanol–water partition coefficient (Wildman–Crippen LogP) is 5.23. The number of fused-ring (bicyclic) bond motifs is 1. The fourth-order valence-corrected chi connectivity index (χ4v) is 4.01. The van der Waals surface area contributed by atoms with Gasteiger partial charge in [-0.15, -0.1) is 11.3 Å². The van der Waals surface area contributed by atoms with Gasteiger partial charge in [0.1, 0.15) is 10.6 Å². The number of para-hydroxylation sites is 1. The van der Waals surface area contributed by atoms with Crippen LogP contribution in [-0.2, 0) is 0 Å². The van der Waals surface area contributed by atoms with Crippen LogP contribution in [0.4, 0.5) is 5.69 Å². The van der Waals surface area contributed by atoms with E-state index in [0.29, 0.717) is 16.7 Å². The summed E-state index contributed by atoms with van der Waals surface area (Å²) in [6.07, 6.45) is 3.50. The molecule has 31 heavy (non-hydrogen) atoms. The largest absolute Gasteiger partial charge is 0.451 e. The normalized spacial score (nSPS) is 10.8. The molecule has 3 aromatic heterocycles. The maximum atomic E-state index is 12.7. The van der Waals surface area contributed by atoms with Gasteiger partial charge in [-0.2, -0.15) is 0 Å². The number of aromatic nitrogens is 2. The molecule has 0 bridgehead atoms. The van der Waals surface area contributed by atoms with Gasteiger partial charge in [0.15, 0.2) is 11.2 Å². The van der Waals surface area contributed by atoms with Gasteiger partial charge in [0.05, 0.1) is 11.1 Å². The maximum absolute atomic E-state index is 12.7. The molecule has 1 amide bonds. The summed E-state index contributed by atoms with van der Waals surface area (Å²) in [6.45, 7) is 0. The van der Waals surface area contributed by atoms with Crippen LogP contribution >= 0.6 is 11.3 Å². The first-order valence-electron chi connectivity index (χ1n) is 9.48. The topological polar surface area (TPSA) is 85.1 Å². The Morgan fingerprint density at radius 2 is 1.84 bits per heavy atom. The molecular formula is C24H15N3O3S. The van der Waals surface area contributed by atoms with Gasteiger partial charge in [-0.3, -0.25) is 14.6 Å². The molecular weight excluding hydrogens is 410 g/mol. The van der Waals surface area contributed by atoms with Gasteiger partial charge in [0, 0.05) is 40.7 Å². The Balaban J connectivity index is 1.40. The van der Waals surface area contributed by atoms with E-state index in [4.69, 9.17) is 4.42 Å². The summed E-state index contributed by atoms with van der Waals surface area (Å²) in [6, 6.07) is 19.2. The zero-order valence-electron chi connectivity index (χ0n) is 16.1. The molecule has 6 nitrogen and oxygen atoms in total. The minimum atomic E-state index is -0.491. The number of hydrogen-bond donors (Lipinski definition) is 1. The second-order valence-electron chi connectivity index (χ2n) is 6.79. The molecule has 5 rings (SSSR count). The number of anilines is 1. The van der Waals surface area contributed by atoms with E-state index in [1.54, 1.807) is 42.7 Å². The van der Waals surface area contributed by atoms with Crippen LogP contribution in [-0.4, -0.2) is 15.9 Å². The van der Waals surface area contributed by atoms with Gasteiger partial charge in [-0.1, -0.05) is 24.3 Å². The van der Waals surface area contributed by atoms with Crippen molar-refractivity contribution in [1.82, 2.24) is 9.97 Å². The van der Waals surface area contributed by atoms with Gasteiger partial charge >= 0.3 is 0 Å². The summed E-state index contributed by atoms with van der Waals surface area (Å²) in [7, 11) is 0. The fourth-order valence-electron chi connectivity index (χ4n) is 3.19. The van der Waals surface area contributed by atoms with Crippen LogP contribution in [0.25, 0.3) is 32.8 Å². The van der Waals surface area contributed by atoms with Crippen molar-refractivity contribution < 1.29 is 9.21 Å². The van der Waals surface area contributed by atoms with Gasteiger partial charge < -0.3 is 9.73 Å². The molecule has 150 valence electrons. The Kier molecular flexibility index (Phi) is 4.86. The molecule has 0 spiro atoms. The lowest BCUT2D eigenvalue weighted by Gasteiger charge is -2.07. The first-order valence-corrected chi connectivity index (χ1v) is 10.4. The van der Waals surface area contributed by atoms with Crippen LogP contribution in [0.1, 0.15) is 10.6 Å². The van der Waals surface area contributed by atoms with E-state index < -0.39 is 5.91 Å². The van der Waals surface area contributed by atoms with Crippen LogP contribution in [0.3, 0.4) is 0 Å². The predicted molar refractivity (Wildman–Crippen MR) is 121 cm³/mol. The number of hydrogen-bond acceptors (Lipinski definition) is 6. The molecule has 2 aromatic carbocycles. The monoisotopic (exact) mass is 425 g/mol. The third kappa shape index (κ3) is 3.86. The number of nitrogens with one attached hydrogen (secondary N) is 1. The van der Waals surface area contributed by atoms with Crippen molar-refractivity contribution in [3.63, 3.8) is 0 Å². The highest BCUT2D eigenvalue weighted by Gasteiger charge is 2.13. The Labute approximate surface area is 180 Å². The lowest BCUT2D eigenvalue weighted by Crippen LogP contribution is -2.15. The summed E-state index contributed by atoms with van der Waals surface area (Å²) in [5.41, 5.74) is 3.32. The summed E-state index contributed by atoms with van der Waals surface area (Å²) in [5.74, 6) is -0.532. The third-order valence-electron chi connectivity index (χ3n) is 4.69. The summed E-state index contributed by atoms with van der Waals surface area (Å²) in [4.78, 5) is 33.8. The first kappa shape index (κ1) is 18.9. The standard InChI is InChI=1S/C24H15N3O3S/c28-20-12-22(30-21-9-2-1-8-18(20)21)23(29)26-17-7-3-5-15(11-17)19-14-31-24(27-19)16-6-4-10-25-13-16/h1-14H,(H,26,29). The molecule has 5 aromatic rings. The average Bonchev–Trinajstić information content (AvgIpc) is 3.30. The maximum Gasteiger partial charge on any atom is 0.291 e. The van der Waals surface area contributed by atoms with Crippen molar-refractivity contribution in [2.24, 2.45) is 0 Å². The van der Waals surface area contributed by atoms with Crippen molar-refractivity contribution in [2.45, 2.75) is 0 Å². The molecule has 0 aliphatic carbocycles. The quantitative estimate of drug-likeness (QED) is 0.426. The van der Waals surface area contributed by atoms with Crippen LogP contribution in [0.5, 0.6) is 0 Å². The molecule has 0 saturated heterocycles. The molecule has 0 fully saturated rings. The van der Waals surface area contributed by atoms with Crippen molar-refractivity contribution in [1.29, 1.82) is 0 Å². The van der Waals surface area contributed by atoms with E-state index in [1.165, 1.54) is 17.4 Å². The number of rotatable bonds is 4. The van der Waals surface area contributed by atoms with E-state index in [-0.39, 0.29) is 11.2 Å². The summed E-state index contributed by atoms with van der Waals surface area (Å²) in [5, 5.41) is 6.07. The fraction of sp³-hybridized carbons (Fsp3) is 0. The number of benzene rings is 2. The van der Waals surface area contributed by atoms with Crippen molar-refractivity contribution in [3.8, 4) is 21.8 Å². The SMILES string of the molecule is O=C(Nc1cccc(-c2csc(-c3cccnc3)n2)c1)c1cc(=O)c2ccccc2o1. The van der Waals surface area contributed by atoms with E-state index >= 15 is 0 Å². The Morgan fingerprint density at radius 3 is 2.71 bits per heavy atom. The van der Waals surface area contributed by atoms with E-state index in [9.17, 15) is 9.59 Å². The van der Waals surface area contributed by atoms with E-state index in [2.05, 4.69) is 15.3 Å². The molecule has 0 aliphatic heterocycles. The van der Waals surface area contributed by atoms with Crippen molar-refractivity contribution >= 4 is 33.9 Å². The zero-order chi connectivity index (χ0) is 21.2. The summed E-state index contributed by atoms with van der Waals surface area (Å²) < 4.78 is 5.62. The highest BCUT2D eigenvalue weighted by atomic mass is 32.1. The third-order valence-corrected chi connectivity index (χ3v) is 5.58. The second kappa shape index (κ2) is 7.97. The molecule has 0 aliphatic rings. The highest BCUT2D eigenvalue weighted by Crippen LogP contribution is 2.29. The minimum Gasteiger partial charge on any atom is -0.451 e. The number of amides is 1. The van der Waals surface area contributed by atoms with Crippen LogP contribution in [0, 0.1) is 0 Å². The van der Waals surface area contributed by atoms with Crippen molar-refractivity contribution in [2.75, 3.05) is 5.32 Å². The Morgan fingerprint density at radius 1 is 0.968 bits per heavy atom. The summed E-state index contributed by atoms with van der Waals surface area (Å²) >= 11 is 1.53. The van der Waals surface area contributed by atoms with Crippen LogP contribution in [0.15, 0.2) is 93.7 Å². The van der Waals surface area contributed by atoms with Crippen LogP contribution < -0.4 is 10.7 Å². The molecule has 1 N–H and O–H groups in total. The zero-order valence-corrected chi connectivity index (χ0v) is 16.9.